The molecule has 136 valence electrons. The molecule has 9 heteroatoms. The molecular formula is C17H16N3O6-. The van der Waals surface area contributed by atoms with Gasteiger partial charge in [-0.2, -0.15) is 0 Å². The Morgan fingerprint density at radius 3 is 2.27 bits per heavy atom. The van der Waals surface area contributed by atoms with E-state index in [1.165, 1.54) is 6.07 Å². The first-order valence-corrected chi connectivity index (χ1v) is 7.52. The van der Waals surface area contributed by atoms with Crippen LogP contribution in [-0.4, -0.2) is 21.2 Å². The van der Waals surface area contributed by atoms with Crippen LogP contribution in [0.1, 0.15) is 31.9 Å². The van der Waals surface area contributed by atoms with Crippen molar-refractivity contribution in [3.05, 3.63) is 61.7 Å². The SMILES string of the molecule is CC(C)(C)c1ccc(O)c(N=Cc2cc([N+](=O)[O-])cc([N+](=O)[O-])c2[O-])c1. The number of hydrogen-bond donors (Lipinski definition) is 1. The molecule has 0 aromatic heterocycles. The summed E-state index contributed by atoms with van der Waals surface area (Å²) in [5.74, 6) is -1.14. The van der Waals surface area contributed by atoms with E-state index in [1.807, 2.05) is 20.8 Å². The van der Waals surface area contributed by atoms with Crippen LogP contribution in [0.5, 0.6) is 11.5 Å². The number of phenolic OH excluding ortho intramolecular Hbond substituents is 1. The third-order valence-corrected chi connectivity index (χ3v) is 3.67. The zero-order chi connectivity index (χ0) is 19.6. The first-order chi connectivity index (χ1) is 12.0. The summed E-state index contributed by atoms with van der Waals surface area (Å²) in [5.41, 5.74) is -1.02. The van der Waals surface area contributed by atoms with Crippen molar-refractivity contribution in [1.29, 1.82) is 0 Å². The standard InChI is InChI=1S/C17H17N3O6/c1-17(2,3)11-4-5-15(21)13(7-11)18-9-10-6-12(19(23)24)8-14(16(10)22)20(25)26/h4-9,21-22H,1-3H3/p-1. The molecule has 0 aliphatic rings. The molecule has 0 heterocycles. The number of aliphatic imine (C=N–C) groups is 1. The zero-order valence-electron chi connectivity index (χ0n) is 14.3. The van der Waals surface area contributed by atoms with Gasteiger partial charge in [0.05, 0.1) is 15.9 Å². The summed E-state index contributed by atoms with van der Waals surface area (Å²) in [7, 11) is 0. The van der Waals surface area contributed by atoms with Crippen molar-refractivity contribution in [2.75, 3.05) is 0 Å². The minimum Gasteiger partial charge on any atom is -0.867 e. The molecule has 26 heavy (non-hydrogen) atoms. The van der Waals surface area contributed by atoms with Crippen molar-refractivity contribution in [2.45, 2.75) is 26.2 Å². The number of hydrogen-bond acceptors (Lipinski definition) is 7. The Morgan fingerprint density at radius 1 is 1.08 bits per heavy atom. The zero-order valence-corrected chi connectivity index (χ0v) is 14.3. The predicted molar refractivity (Wildman–Crippen MR) is 93.3 cm³/mol. The summed E-state index contributed by atoms with van der Waals surface area (Å²) in [6.07, 6.45) is 0.976. The second kappa shape index (κ2) is 6.79. The van der Waals surface area contributed by atoms with E-state index >= 15 is 0 Å². The molecular weight excluding hydrogens is 342 g/mol. The molecule has 0 atom stereocenters. The molecule has 1 N–H and O–H groups in total. The lowest BCUT2D eigenvalue weighted by Gasteiger charge is -2.19. The van der Waals surface area contributed by atoms with E-state index in [-0.39, 0.29) is 22.4 Å². The fourth-order valence-electron chi connectivity index (χ4n) is 2.19. The second-order valence-corrected chi connectivity index (χ2v) is 6.61. The fraction of sp³-hybridized carbons (Fsp3) is 0.235. The highest BCUT2D eigenvalue weighted by atomic mass is 16.6. The van der Waals surface area contributed by atoms with Crippen molar-refractivity contribution in [3.63, 3.8) is 0 Å². The maximum absolute atomic E-state index is 12.1. The minimum absolute atomic E-state index is 0.144. The van der Waals surface area contributed by atoms with Crippen molar-refractivity contribution in [3.8, 4) is 11.5 Å². The Balaban J connectivity index is 2.54. The summed E-state index contributed by atoms with van der Waals surface area (Å²) in [6, 6.07) is 6.30. The van der Waals surface area contributed by atoms with E-state index in [2.05, 4.69) is 4.99 Å². The van der Waals surface area contributed by atoms with Crippen LogP contribution in [0.2, 0.25) is 0 Å². The Bertz CT molecular complexity index is 915. The number of non-ortho nitro benzene ring substituents is 1. The highest BCUT2D eigenvalue weighted by Gasteiger charge is 2.18. The second-order valence-electron chi connectivity index (χ2n) is 6.61. The number of nitro groups is 2. The highest BCUT2D eigenvalue weighted by molar-refractivity contribution is 5.89. The molecule has 0 amide bonds. The predicted octanol–water partition coefficient (Wildman–Crippen LogP) is 3.33. The van der Waals surface area contributed by atoms with E-state index in [0.717, 1.165) is 17.8 Å². The topological polar surface area (TPSA) is 142 Å². The van der Waals surface area contributed by atoms with Crippen LogP contribution in [0.25, 0.3) is 0 Å². The quantitative estimate of drug-likeness (QED) is 0.504. The van der Waals surface area contributed by atoms with Crippen LogP contribution < -0.4 is 5.11 Å². The van der Waals surface area contributed by atoms with Crippen molar-refractivity contribution < 1.29 is 20.1 Å². The highest BCUT2D eigenvalue weighted by Crippen LogP contribution is 2.34. The molecule has 2 rings (SSSR count). The Kier molecular flexibility index (Phi) is 4.92. The van der Waals surface area contributed by atoms with Gasteiger partial charge in [0.25, 0.3) is 11.4 Å². The van der Waals surface area contributed by atoms with Crippen LogP contribution in [0.4, 0.5) is 17.1 Å². The number of nitro benzene ring substituents is 2. The lowest BCUT2D eigenvalue weighted by Crippen LogP contribution is -2.10. The van der Waals surface area contributed by atoms with E-state index in [0.29, 0.717) is 6.07 Å². The summed E-state index contributed by atoms with van der Waals surface area (Å²) in [4.78, 5) is 24.0. The van der Waals surface area contributed by atoms with Crippen LogP contribution in [-0.2, 0) is 5.41 Å². The molecule has 9 nitrogen and oxygen atoms in total. The Hall–Kier alpha value is -3.49. The maximum Gasteiger partial charge on any atom is 0.276 e. The van der Waals surface area contributed by atoms with Gasteiger partial charge in [-0.05, 0) is 34.4 Å². The lowest BCUT2D eigenvalue weighted by atomic mass is 9.87. The van der Waals surface area contributed by atoms with Crippen LogP contribution in [0.3, 0.4) is 0 Å². The van der Waals surface area contributed by atoms with Gasteiger partial charge in [-0.25, -0.2) is 0 Å². The van der Waals surface area contributed by atoms with Gasteiger partial charge in [0.2, 0.25) is 0 Å². The Morgan fingerprint density at radius 2 is 1.73 bits per heavy atom. The van der Waals surface area contributed by atoms with Gasteiger partial charge in [0.15, 0.2) is 0 Å². The number of phenols is 1. The smallest absolute Gasteiger partial charge is 0.276 e. The first-order valence-electron chi connectivity index (χ1n) is 7.52. The van der Waals surface area contributed by atoms with Crippen molar-refractivity contribution in [2.24, 2.45) is 4.99 Å². The molecule has 0 bridgehead atoms. The van der Waals surface area contributed by atoms with Gasteiger partial charge in [0, 0.05) is 12.3 Å². The van der Waals surface area contributed by atoms with Crippen LogP contribution in [0.15, 0.2) is 35.3 Å². The third kappa shape index (κ3) is 3.94. The van der Waals surface area contributed by atoms with E-state index < -0.39 is 27.0 Å². The molecule has 0 aliphatic carbocycles. The molecule has 0 fully saturated rings. The van der Waals surface area contributed by atoms with Crippen molar-refractivity contribution in [1.82, 2.24) is 0 Å². The molecule has 0 radical (unpaired) electrons. The first kappa shape index (κ1) is 18.8. The monoisotopic (exact) mass is 358 g/mol. The Labute approximate surface area is 148 Å². The van der Waals surface area contributed by atoms with Gasteiger partial charge >= 0.3 is 0 Å². The molecule has 0 spiro atoms. The van der Waals surface area contributed by atoms with Gasteiger partial charge < -0.3 is 10.2 Å². The van der Waals surface area contributed by atoms with Gasteiger partial charge in [-0.1, -0.05) is 26.8 Å². The average molecular weight is 358 g/mol. The average Bonchev–Trinajstić information content (AvgIpc) is 2.53. The largest absolute Gasteiger partial charge is 0.867 e. The van der Waals surface area contributed by atoms with Gasteiger partial charge in [0.1, 0.15) is 11.4 Å². The van der Waals surface area contributed by atoms with Crippen molar-refractivity contribution >= 4 is 23.3 Å². The summed E-state index contributed by atoms with van der Waals surface area (Å²) >= 11 is 0. The molecule has 2 aromatic rings. The van der Waals surface area contributed by atoms with E-state index in [9.17, 15) is 30.4 Å². The molecule has 0 aliphatic heterocycles. The molecule has 0 saturated heterocycles. The summed E-state index contributed by atoms with van der Waals surface area (Å²) in [6.45, 7) is 5.89. The summed E-state index contributed by atoms with van der Waals surface area (Å²) in [5, 5.41) is 43.9. The van der Waals surface area contributed by atoms with E-state index in [4.69, 9.17) is 0 Å². The number of rotatable bonds is 4. The summed E-state index contributed by atoms with van der Waals surface area (Å²) < 4.78 is 0. The lowest BCUT2D eigenvalue weighted by molar-refractivity contribution is -0.403. The fourth-order valence-corrected chi connectivity index (χ4v) is 2.19. The number of nitrogens with zero attached hydrogens (tertiary/aromatic N) is 3. The molecule has 0 saturated carbocycles. The molecule has 2 aromatic carbocycles. The third-order valence-electron chi connectivity index (χ3n) is 3.67. The van der Waals surface area contributed by atoms with Gasteiger partial charge in [-0.15, -0.1) is 0 Å². The van der Waals surface area contributed by atoms with Gasteiger partial charge in [-0.3, -0.25) is 25.2 Å². The normalized spacial score (nSPS) is 11.7. The molecule has 0 unspecified atom stereocenters. The van der Waals surface area contributed by atoms with Crippen LogP contribution >= 0.6 is 0 Å². The van der Waals surface area contributed by atoms with Crippen LogP contribution in [0, 0.1) is 20.2 Å². The maximum atomic E-state index is 12.1. The minimum atomic E-state index is -0.990. The number of aromatic hydroxyl groups is 1. The van der Waals surface area contributed by atoms with E-state index in [1.54, 1.807) is 12.1 Å². The number of benzene rings is 2.